The molecule has 2 amide bonds. The van der Waals surface area contributed by atoms with Gasteiger partial charge in [0.15, 0.2) is 0 Å². The number of thiophene rings is 1. The van der Waals surface area contributed by atoms with Crippen LogP contribution in [-0.4, -0.2) is 56.5 Å². The van der Waals surface area contributed by atoms with Gasteiger partial charge in [0.2, 0.25) is 0 Å². The van der Waals surface area contributed by atoms with Crippen LogP contribution >= 0.6 is 11.3 Å². The van der Waals surface area contributed by atoms with Crippen molar-refractivity contribution >= 4 is 34.1 Å². The highest BCUT2D eigenvalue weighted by Crippen LogP contribution is 2.39. The number of aryl methyl sites for hydroxylation is 1. The van der Waals surface area contributed by atoms with Crippen molar-refractivity contribution in [3.63, 3.8) is 0 Å². The summed E-state index contributed by atoms with van der Waals surface area (Å²) in [5, 5.41) is 5.53. The van der Waals surface area contributed by atoms with Gasteiger partial charge in [0, 0.05) is 18.0 Å². The van der Waals surface area contributed by atoms with Crippen molar-refractivity contribution in [2.45, 2.75) is 26.2 Å². The number of nitrogens with zero attached hydrogens (tertiary/aromatic N) is 1. The minimum Gasteiger partial charge on any atom is -0.462 e. The SMILES string of the molecule is CCOC(=O)c1c(NC(=O)C(=O)NCCN(C)C)sc2c1CCC2. The molecule has 24 heavy (non-hydrogen) atoms. The molecule has 132 valence electrons. The van der Waals surface area contributed by atoms with Crippen molar-refractivity contribution in [2.75, 3.05) is 39.1 Å². The van der Waals surface area contributed by atoms with Gasteiger partial charge in [0.05, 0.1) is 12.2 Å². The number of fused-ring (bicyclic) bond motifs is 1. The summed E-state index contributed by atoms with van der Waals surface area (Å²) in [5.41, 5.74) is 1.35. The molecule has 0 aromatic carbocycles. The van der Waals surface area contributed by atoms with Gasteiger partial charge in [0.25, 0.3) is 0 Å². The summed E-state index contributed by atoms with van der Waals surface area (Å²) >= 11 is 1.36. The first-order chi connectivity index (χ1) is 11.4. The maximum absolute atomic E-state index is 12.2. The van der Waals surface area contributed by atoms with Crippen molar-refractivity contribution in [3.05, 3.63) is 16.0 Å². The van der Waals surface area contributed by atoms with Crippen molar-refractivity contribution in [1.29, 1.82) is 0 Å². The van der Waals surface area contributed by atoms with Crippen LogP contribution in [0, 0.1) is 0 Å². The summed E-state index contributed by atoms with van der Waals surface area (Å²) in [4.78, 5) is 39.1. The number of rotatable bonds is 6. The zero-order valence-corrected chi connectivity index (χ0v) is 15.0. The molecule has 0 saturated heterocycles. The molecule has 7 nitrogen and oxygen atoms in total. The van der Waals surface area contributed by atoms with Crippen LogP contribution in [0.15, 0.2) is 0 Å². The fraction of sp³-hybridized carbons (Fsp3) is 0.562. The second-order valence-corrected chi connectivity index (χ2v) is 6.90. The molecule has 0 unspecified atom stereocenters. The number of carbonyl (C=O) groups excluding carboxylic acids is 3. The third kappa shape index (κ3) is 4.33. The largest absolute Gasteiger partial charge is 0.462 e. The Morgan fingerprint density at radius 1 is 1.21 bits per heavy atom. The Morgan fingerprint density at radius 2 is 1.96 bits per heavy atom. The first kappa shape index (κ1) is 18.4. The molecule has 2 rings (SSSR count). The number of esters is 1. The van der Waals surface area contributed by atoms with E-state index >= 15 is 0 Å². The standard InChI is InChI=1S/C16H23N3O4S/c1-4-23-16(22)12-10-6-5-7-11(10)24-15(12)18-14(21)13(20)17-8-9-19(2)3/h4-9H2,1-3H3,(H,17,20)(H,18,21). The van der Waals surface area contributed by atoms with Crippen molar-refractivity contribution in [3.8, 4) is 0 Å². The van der Waals surface area contributed by atoms with Gasteiger partial charge in [-0.15, -0.1) is 11.3 Å². The molecule has 1 aliphatic rings. The number of likely N-dealkylation sites (N-methyl/N-ethyl adjacent to an activating group) is 1. The molecule has 0 aliphatic heterocycles. The Balaban J connectivity index is 2.07. The molecule has 0 fully saturated rings. The molecule has 0 saturated carbocycles. The molecule has 2 N–H and O–H groups in total. The summed E-state index contributed by atoms with van der Waals surface area (Å²) < 4.78 is 5.10. The number of amides is 2. The predicted molar refractivity (Wildman–Crippen MR) is 92.5 cm³/mol. The van der Waals surface area contributed by atoms with Gasteiger partial charge in [-0.25, -0.2) is 4.79 Å². The highest BCUT2D eigenvalue weighted by Gasteiger charge is 2.29. The summed E-state index contributed by atoms with van der Waals surface area (Å²) in [6, 6.07) is 0. The lowest BCUT2D eigenvalue weighted by atomic mass is 10.1. The Labute approximate surface area is 145 Å². The van der Waals surface area contributed by atoms with Crippen LogP contribution in [0.5, 0.6) is 0 Å². The van der Waals surface area contributed by atoms with Crippen LogP contribution in [0.4, 0.5) is 5.00 Å². The van der Waals surface area contributed by atoms with E-state index in [-0.39, 0.29) is 6.61 Å². The van der Waals surface area contributed by atoms with E-state index in [9.17, 15) is 14.4 Å². The van der Waals surface area contributed by atoms with E-state index in [1.54, 1.807) is 6.92 Å². The summed E-state index contributed by atoms with van der Waals surface area (Å²) in [7, 11) is 3.76. The first-order valence-corrected chi connectivity index (χ1v) is 8.81. The molecule has 1 aromatic rings. The Kier molecular flexibility index (Phi) is 6.33. The fourth-order valence-electron chi connectivity index (χ4n) is 2.54. The average Bonchev–Trinajstić information content (AvgIpc) is 3.07. The summed E-state index contributed by atoms with van der Waals surface area (Å²) in [5.74, 6) is -1.92. The van der Waals surface area contributed by atoms with Crippen molar-refractivity contribution in [2.24, 2.45) is 0 Å². The Morgan fingerprint density at radius 3 is 2.62 bits per heavy atom. The number of ether oxygens (including phenoxy) is 1. The van der Waals surface area contributed by atoms with Crippen LogP contribution < -0.4 is 10.6 Å². The fourth-order valence-corrected chi connectivity index (χ4v) is 3.82. The topological polar surface area (TPSA) is 87.7 Å². The van der Waals surface area contributed by atoms with Gasteiger partial charge in [-0.1, -0.05) is 0 Å². The third-order valence-electron chi connectivity index (χ3n) is 3.68. The van der Waals surface area contributed by atoms with Gasteiger partial charge in [-0.3, -0.25) is 9.59 Å². The number of hydrogen-bond acceptors (Lipinski definition) is 6. The zero-order valence-electron chi connectivity index (χ0n) is 14.2. The normalized spacial score (nSPS) is 12.8. The molecule has 1 aromatic heterocycles. The van der Waals surface area contributed by atoms with Crippen LogP contribution in [0.25, 0.3) is 0 Å². The minimum absolute atomic E-state index is 0.266. The van der Waals surface area contributed by atoms with E-state index in [0.717, 1.165) is 29.7 Å². The van der Waals surface area contributed by atoms with Crippen LogP contribution in [0.3, 0.4) is 0 Å². The van der Waals surface area contributed by atoms with Crippen LogP contribution in [0.1, 0.15) is 34.1 Å². The maximum Gasteiger partial charge on any atom is 0.341 e. The van der Waals surface area contributed by atoms with Gasteiger partial charge in [-0.05, 0) is 45.8 Å². The molecule has 0 radical (unpaired) electrons. The molecule has 1 aliphatic carbocycles. The summed E-state index contributed by atoms with van der Waals surface area (Å²) in [6.07, 6.45) is 2.68. The van der Waals surface area contributed by atoms with E-state index in [0.29, 0.717) is 23.7 Å². The van der Waals surface area contributed by atoms with Gasteiger partial charge >= 0.3 is 17.8 Å². The molecule has 0 atom stereocenters. The monoisotopic (exact) mass is 353 g/mol. The zero-order chi connectivity index (χ0) is 17.7. The van der Waals surface area contributed by atoms with Crippen LogP contribution in [0.2, 0.25) is 0 Å². The van der Waals surface area contributed by atoms with E-state index in [4.69, 9.17) is 4.74 Å². The highest BCUT2D eigenvalue weighted by atomic mass is 32.1. The lowest BCUT2D eigenvalue weighted by Gasteiger charge is -2.11. The molecular weight excluding hydrogens is 330 g/mol. The lowest BCUT2D eigenvalue weighted by Crippen LogP contribution is -2.38. The first-order valence-electron chi connectivity index (χ1n) is 7.99. The predicted octanol–water partition coefficient (Wildman–Crippen LogP) is 1.03. The summed E-state index contributed by atoms with van der Waals surface area (Å²) in [6.45, 7) is 3.02. The number of nitrogens with one attached hydrogen (secondary N) is 2. The van der Waals surface area contributed by atoms with Gasteiger partial charge in [0.1, 0.15) is 5.00 Å². The Bertz CT molecular complexity index is 640. The lowest BCUT2D eigenvalue weighted by molar-refractivity contribution is -0.136. The van der Waals surface area contributed by atoms with Crippen LogP contribution in [-0.2, 0) is 27.2 Å². The number of carbonyl (C=O) groups is 3. The average molecular weight is 353 g/mol. The van der Waals surface area contributed by atoms with E-state index in [2.05, 4.69) is 10.6 Å². The number of anilines is 1. The second-order valence-electron chi connectivity index (χ2n) is 5.80. The molecule has 0 spiro atoms. The smallest absolute Gasteiger partial charge is 0.341 e. The van der Waals surface area contributed by atoms with E-state index < -0.39 is 17.8 Å². The molecule has 8 heteroatoms. The van der Waals surface area contributed by atoms with E-state index in [1.165, 1.54) is 11.3 Å². The van der Waals surface area contributed by atoms with Gasteiger partial charge in [-0.2, -0.15) is 0 Å². The highest BCUT2D eigenvalue weighted by molar-refractivity contribution is 7.17. The Hall–Kier alpha value is -1.93. The van der Waals surface area contributed by atoms with Crippen molar-refractivity contribution in [1.82, 2.24) is 10.2 Å². The molecular formula is C16H23N3O4S. The van der Waals surface area contributed by atoms with Gasteiger partial charge < -0.3 is 20.3 Å². The maximum atomic E-state index is 12.2. The molecule has 1 heterocycles. The molecule has 0 bridgehead atoms. The van der Waals surface area contributed by atoms with Crippen molar-refractivity contribution < 1.29 is 19.1 Å². The quantitative estimate of drug-likeness (QED) is 0.589. The minimum atomic E-state index is -0.765. The third-order valence-corrected chi connectivity index (χ3v) is 4.89. The number of hydrogen-bond donors (Lipinski definition) is 2. The van der Waals surface area contributed by atoms with E-state index in [1.807, 2.05) is 19.0 Å². The second kappa shape index (κ2) is 8.25.